The van der Waals surface area contributed by atoms with Crippen molar-refractivity contribution in [1.29, 1.82) is 0 Å². The number of carbonyl (C=O) groups is 2. The minimum Gasteiger partial charge on any atom is -0.493 e. The average molecular weight is 477 g/mol. The van der Waals surface area contributed by atoms with E-state index < -0.39 is 0 Å². The van der Waals surface area contributed by atoms with Gasteiger partial charge in [0.25, 0.3) is 0 Å². The summed E-state index contributed by atoms with van der Waals surface area (Å²) in [6.45, 7) is 2.82. The van der Waals surface area contributed by atoms with Gasteiger partial charge < -0.3 is 29.9 Å². The Labute approximate surface area is 203 Å². The van der Waals surface area contributed by atoms with Crippen LogP contribution in [0.2, 0.25) is 0 Å². The van der Waals surface area contributed by atoms with Crippen LogP contribution in [-0.2, 0) is 4.79 Å². The first kappa shape index (κ1) is 23.8. The van der Waals surface area contributed by atoms with E-state index >= 15 is 0 Å². The van der Waals surface area contributed by atoms with E-state index in [2.05, 4.69) is 25.5 Å². The maximum Gasteiger partial charge on any atom is 0.319 e. The van der Waals surface area contributed by atoms with Crippen molar-refractivity contribution in [2.24, 2.45) is 0 Å². The number of nitrogens with zero attached hydrogens (tertiary/aromatic N) is 4. The highest BCUT2D eigenvalue weighted by Crippen LogP contribution is 2.31. The second-order valence-electron chi connectivity index (χ2n) is 7.82. The second kappa shape index (κ2) is 11.7. The van der Waals surface area contributed by atoms with E-state index in [1.807, 2.05) is 24.3 Å². The number of piperazine rings is 1. The molecule has 2 N–H and O–H groups in total. The molecule has 1 aromatic heterocycles. The molecule has 182 valence electrons. The molecule has 10 nitrogen and oxygen atoms in total. The molecule has 0 atom stereocenters. The lowest BCUT2D eigenvalue weighted by atomic mass is 10.3. The van der Waals surface area contributed by atoms with Crippen LogP contribution in [0.4, 0.5) is 16.4 Å². The lowest BCUT2D eigenvalue weighted by Crippen LogP contribution is -2.49. The molecule has 2 aromatic carbocycles. The maximum atomic E-state index is 12.5. The number of urea groups is 1. The number of para-hydroxylation sites is 2. The molecule has 0 saturated carbocycles. The summed E-state index contributed by atoms with van der Waals surface area (Å²) in [6.07, 6.45) is 3.66. The predicted octanol–water partition coefficient (Wildman–Crippen LogP) is 3.14. The standard InChI is InChI=1S/C25H28N6O4/c1-34-21-5-2-3-6-22(21)35-20-9-7-19(8-10-20)29-25(33)28-14-11-23(32)30-15-17-31(18-16-30)24-26-12-4-13-27-24/h2-10,12-13H,11,14-18H2,1H3,(H2,28,29,33). The summed E-state index contributed by atoms with van der Waals surface area (Å²) in [5.74, 6) is 2.54. The third-order valence-electron chi connectivity index (χ3n) is 5.50. The number of anilines is 2. The Bertz CT molecular complexity index is 1120. The molecule has 2 heterocycles. The number of nitrogens with one attached hydrogen (secondary N) is 2. The summed E-state index contributed by atoms with van der Waals surface area (Å²) in [7, 11) is 1.59. The summed E-state index contributed by atoms with van der Waals surface area (Å²) in [4.78, 5) is 37.1. The van der Waals surface area contributed by atoms with Crippen LogP contribution >= 0.6 is 0 Å². The molecular weight excluding hydrogens is 448 g/mol. The number of hydrogen-bond donors (Lipinski definition) is 2. The fraction of sp³-hybridized carbons (Fsp3) is 0.280. The fourth-order valence-electron chi connectivity index (χ4n) is 3.66. The predicted molar refractivity (Wildman–Crippen MR) is 132 cm³/mol. The summed E-state index contributed by atoms with van der Waals surface area (Å²) < 4.78 is 11.1. The Morgan fingerprint density at radius 2 is 1.60 bits per heavy atom. The molecule has 0 bridgehead atoms. The summed E-state index contributed by atoms with van der Waals surface area (Å²) in [5, 5.41) is 5.49. The van der Waals surface area contributed by atoms with Gasteiger partial charge in [-0.15, -0.1) is 0 Å². The third kappa shape index (κ3) is 6.59. The zero-order valence-corrected chi connectivity index (χ0v) is 19.5. The number of amides is 3. The molecule has 4 rings (SSSR count). The zero-order valence-electron chi connectivity index (χ0n) is 19.5. The molecule has 10 heteroatoms. The van der Waals surface area contributed by atoms with E-state index in [1.165, 1.54) is 0 Å². The van der Waals surface area contributed by atoms with E-state index in [4.69, 9.17) is 9.47 Å². The van der Waals surface area contributed by atoms with E-state index in [1.54, 1.807) is 54.7 Å². The molecular formula is C25H28N6O4. The Hall–Kier alpha value is -4.34. The molecule has 1 saturated heterocycles. The second-order valence-corrected chi connectivity index (χ2v) is 7.82. The van der Waals surface area contributed by atoms with Gasteiger partial charge in [0.1, 0.15) is 5.75 Å². The molecule has 0 aliphatic carbocycles. The molecule has 0 unspecified atom stereocenters. The van der Waals surface area contributed by atoms with Crippen LogP contribution in [0.15, 0.2) is 67.0 Å². The number of rotatable bonds is 8. The smallest absolute Gasteiger partial charge is 0.319 e. The first-order chi connectivity index (χ1) is 17.1. The van der Waals surface area contributed by atoms with Gasteiger partial charge in [-0.3, -0.25) is 4.79 Å². The summed E-state index contributed by atoms with van der Waals surface area (Å²) in [6, 6.07) is 15.8. The first-order valence-corrected chi connectivity index (χ1v) is 11.4. The lowest BCUT2D eigenvalue weighted by molar-refractivity contribution is -0.131. The van der Waals surface area contributed by atoms with Crippen LogP contribution in [0.3, 0.4) is 0 Å². The minimum absolute atomic E-state index is 0.0109. The van der Waals surface area contributed by atoms with Crippen LogP contribution in [-0.4, -0.2) is 66.6 Å². The third-order valence-corrected chi connectivity index (χ3v) is 5.50. The van der Waals surface area contributed by atoms with Gasteiger partial charge in [0.2, 0.25) is 11.9 Å². The normalized spacial score (nSPS) is 13.2. The van der Waals surface area contributed by atoms with Crippen molar-refractivity contribution in [3.63, 3.8) is 0 Å². The Morgan fingerprint density at radius 1 is 0.914 bits per heavy atom. The van der Waals surface area contributed by atoms with Gasteiger partial charge in [0.05, 0.1) is 7.11 Å². The number of methoxy groups -OCH3 is 1. The van der Waals surface area contributed by atoms with Crippen LogP contribution in [0.25, 0.3) is 0 Å². The van der Waals surface area contributed by atoms with Crippen molar-refractivity contribution in [3.05, 3.63) is 67.0 Å². The van der Waals surface area contributed by atoms with Gasteiger partial charge in [-0.1, -0.05) is 12.1 Å². The summed E-state index contributed by atoms with van der Waals surface area (Å²) in [5.41, 5.74) is 0.612. The van der Waals surface area contributed by atoms with Crippen molar-refractivity contribution in [1.82, 2.24) is 20.2 Å². The minimum atomic E-state index is -0.373. The van der Waals surface area contributed by atoms with Crippen LogP contribution < -0.4 is 25.0 Å². The SMILES string of the molecule is COc1ccccc1Oc1ccc(NC(=O)NCCC(=O)N2CCN(c3ncccn3)CC2)cc1. The first-order valence-electron chi connectivity index (χ1n) is 11.4. The molecule has 35 heavy (non-hydrogen) atoms. The molecule has 3 amide bonds. The van der Waals surface area contributed by atoms with E-state index in [0.717, 1.165) is 0 Å². The molecule has 1 aliphatic rings. The van der Waals surface area contributed by atoms with Gasteiger partial charge in [-0.2, -0.15) is 0 Å². The van der Waals surface area contributed by atoms with Crippen LogP contribution in [0, 0.1) is 0 Å². The molecule has 0 spiro atoms. The number of aromatic nitrogens is 2. The highest BCUT2D eigenvalue weighted by Gasteiger charge is 2.22. The van der Waals surface area contributed by atoms with Gasteiger partial charge >= 0.3 is 6.03 Å². The quantitative estimate of drug-likeness (QED) is 0.514. The van der Waals surface area contributed by atoms with E-state index in [-0.39, 0.29) is 24.9 Å². The highest BCUT2D eigenvalue weighted by molar-refractivity contribution is 5.89. The number of ether oxygens (including phenoxy) is 2. The van der Waals surface area contributed by atoms with Crippen molar-refractivity contribution >= 4 is 23.6 Å². The van der Waals surface area contributed by atoms with Crippen molar-refractivity contribution < 1.29 is 19.1 Å². The summed E-state index contributed by atoms with van der Waals surface area (Å²) >= 11 is 0. The Morgan fingerprint density at radius 3 is 2.29 bits per heavy atom. The van der Waals surface area contributed by atoms with Crippen molar-refractivity contribution in [2.75, 3.05) is 50.1 Å². The fourth-order valence-corrected chi connectivity index (χ4v) is 3.66. The average Bonchev–Trinajstić information content (AvgIpc) is 2.90. The Kier molecular flexibility index (Phi) is 7.95. The van der Waals surface area contributed by atoms with Crippen molar-refractivity contribution in [2.45, 2.75) is 6.42 Å². The number of hydrogen-bond acceptors (Lipinski definition) is 7. The van der Waals surface area contributed by atoms with E-state index in [0.29, 0.717) is 55.1 Å². The Balaban J connectivity index is 1.17. The number of carbonyl (C=O) groups excluding carboxylic acids is 2. The molecule has 3 aromatic rings. The van der Waals surface area contributed by atoms with Crippen molar-refractivity contribution in [3.8, 4) is 17.2 Å². The highest BCUT2D eigenvalue weighted by atomic mass is 16.5. The van der Waals surface area contributed by atoms with Crippen LogP contribution in [0.5, 0.6) is 17.2 Å². The van der Waals surface area contributed by atoms with Crippen LogP contribution in [0.1, 0.15) is 6.42 Å². The van der Waals surface area contributed by atoms with Gasteiger partial charge in [-0.05, 0) is 42.5 Å². The molecule has 1 fully saturated rings. The molecule has 1 aliphatic heterocycles. The van der Waals surface area contributed by atoms with Gasteiger partial charge in [-0.25, -0.2) is 14.8 Å². The topological polar surface area (TPSA) is 109 Å². The zero-order chi connectivity index (χ0) is 24.5. The molecule has 0 radical (unpaired) electrons. The lowest BCUT2D eigenvalue weighted by Gasteiger charge is -2.34. The monoisotopic (exact) mass is 476 g/mol. The van der Waals surface area contributed by atoms with E-state index in [9.17, 15) is 9.59 Å². The van der Waals surface area contributed by atoms with Gasteiger partial charge in [0.15, 0.2) is 11.5 Å². The van der Waals surface area contributed by atoms with Gasteiger partial charge in [0, 0.05) is 57.2 Å². The maximum absolute atomic E-state index is 12.5. The largest absolute Gasteiger partial charge is 0.493 e. The number of benzene rings is 2.